The number of carbonyl (C=O) groups is 4. The quantitative estimate of drug-likeness (QED) is 0.0435. The number of amides is 1. The van der Waals surface area contributed by atoms with Gasteiger partial charge in [-0.15, -0.1) is 0 Å². The molecule has 0 radical (unpaired) electrons. The van der Waals surface area contributed by atoms with Crippen molar-refractivity contribution in [3.8, 4) is 23.7 Å². The number of aromatic amines is 2. The molecule has 2 unspecified atom stereocenters. The average molecular weight is 1210 g/mol. The number of H-pyrrole nitrogens is 2. The van der Waals surface area contributed by atoms with Crippen LogP contribution in [-0.2, 0) is 58.6 Å². The number of aromatic nitrogens is 4. The summed E-state index contributed by atoms with van der Waals surface area (Å²) in [7, 11) is -10.7. The van der Waals surface area contributed by atoms with Crippen LogP contribution in [0.5, 0.6) is 0 Å². The predicted molar refractivity (Wildman–Crippen MR) is 333 cm³/mol. The van der Waals surface area contributed by atoms with Crippen LogP contribution in [0.25, 0.3) is 22.1 Å². The lowest BCUT2D eigenvalue weighted by molar-refractivity contribution is -0.130. The molecule has 3 aliphatic heterocycles. The SMILES string of the molecule is CCCP1(=O)OP(=O)(CCC)OP(=O)(CCC)O1.CCN(CC)CC.O=C(CCc1ccnc2[nH]ccc12)CC1CCN(C(=O)C#Cc2ccccc2)C1.O=C(CCc1ccnc2[nH]ccc12)CC1CCNC1.O=C(O)C#Cc1ccccc1. The van der Waals surface area contributed by atoms with Crippen molar-refractivity contribution in [3.05, 3.63) is 132 Å². The highest BCUT2D eigenvalue weighted by molar-refractivity contribution is 7.80. The van der Waals surface area contributed by atoms with Gasteiger partial charge in [0.05, 0.1) is 18.5 Å². The smallest absolute Gasteiger partial charge is 0.382 e. The van der Waals surface area contributed by atoms with Crippen LogP contribution in [0.15, 0.2) is 110 Å². The Bertz CT molecular complexity index is 3220. The number of carboxylic acids is 1. The van der Waals surface area contributed by atoms with E-state index < -0.39 is 28.8 Å². The zero-order chi connectivity index (χ0) is 60.8. The summed E-state index contributed by atoms with van der Waals surface area (Å²) in [5.41, 5.74) is 5.67. The minimum Gasteiger partial charge on any atom is -0.472 e. The third-order valence-electron chi connectivity index (χ3n) is 14.0. The molecule has 452 valence electrons. The molecule has 4 N–H and O–H groups in total. The van der Waals surface area contributed by atoms with Crippen molar-refractivity contribution < 1.29 is 50.9 Å². The minimum atomic E-state index is -3.57. The summed E-state index contributed by atoms with van der Waals surface area (Å²) in [5, 5.41) is 13.7. The van der Waals surface area contributed by atoms with Crippen LogP contribution in [0.4, 0.5) is 0 Å². The monoisotopic (exact) mass is 1210 g/mol. The molecule has 9 rings (SSSR count). The second kappa shape index (κ2) is 35.9. The van der Waals surface area contributed by atoms with Gasteiger partial charge in [-0.05, 0) is 149 Å². The van der Waals surface area contributed by atoms with Crippen LogP contribution in [0.1, 0.15) is 122 Å². The van der Waals surface area contributed by atoms with E-state index in [1.165, 1.54) is 25.2 Å². The zero-order valence-electron chi connectivity index (χ0n) is 49.6. The van der Waals surface area contributed by atoms with E-state index in [0.29, 0.717) is 69.7 Å². The number of aryl methyl sites for hydroxylation is 2. The van der Waals surface area contributed by atoms with E-state index in [-0.39, 0.29) is 36.1 Å². The molecule has 0 spiro atoms. The molecule has 3 aliphatic rings. The van der Waals surface area contributed by atoms with Gasteiger partial charge in [-0.2, -0.15) is 0 Å². The highest BCUT2D eigenvalue weighted by atomic mass is 31.3. The normalized spacial score (nSPS) is 20.4. The third kappa shape index (κ3) is 23.6. The number of fused-ring (bicyclic) bond motifs is 2. The average Bonchev–Trinajstić information content (AvgIpc) is 3.74. The number of pyridine rings is 2. The second-order valence-electron chi connectivity index (χ2n) is 20.6. The van der Waals surface area contributed by atoms with Crippen molar-refractivity contribution >= 4 is 68.3 Å². The van der Waals surface area contributed by atoms with E-state index in [1.807, 2.05) is 91.1 Å². The van der Waals surface area contributed by atoms with Gasteiger partial charge in [0.1, 0.15) is 22.9 Å². The van der Waals surface area contributed by atoms with Crippen molar-refractivity contribution in [2.75, 3.05) is 64.3 Å². The molecule has 2 atom stereocenters. The van der Waals surface area contributed by atoms with Crippen LogP contribution in [0.2, 0.25) is 0 Å². The molecule has 0 bridgehead atoms. The Morgan fingerprint density at radius 1 is 0.619 bits per heavy atom. The number of carbonyl (C=O) groups excluding carboxylic acids is 3. The number of hydrogen-bond acceptors (Lipinski definition) is 14. The number of Topliss-reactive ketones (excluding diaryl/α,β-unsaturated/α-hetero) is 2. The van der Waals surface area contributed by atoms with Crippen molar-refractivity contribution in [1.29, 1.82) is 0 Å². The zero-order valence-corrected chi connectivity index (χ0v) is 52.2. The van der Waals surface area contributed by atoms with Crippen LogP contribution in [-0.4, -0.2) is 123 Å². The van der Waals surface area contributed by atoms with E-state index in [1.54, 1.807) is 50.2 Å². The third-order valence-corrected chi connectivity index (χ3v) is 22.9. The Labute approximate surface area is 496 Å². The number of aliphatic carboxylic acids is 1. The molecule has 3 fully saturated rings. The number of ketones is 2. The Morgan fingerprint density at radius 3 is 1.48 bits per heavy atom. The van der Waals surface area contributed by atoms with Gasteiger partial charge in [-0.1, -0.05) is 89.8 Å². The minimum absolute atomic E-state index is 0.109. The fraction of sp³-hybridized carbons (Fsp3) is 0.460. The highest BCUT2D eigenvalue weighted by Crippen LogP contribution is 2.82. The standard InChI is InChI=1S/C24H23N3O2.C15H19N3O.C9H21O6P3.C9H6O2.C6H15N/c28-21(8-7-20-10-13-25-24-22(20)11-14-26-24)16-19-12-15-27(17-19)23(29)9-6-18-4-2-1-3-5-18;19-13(9-11-3-6-16-10-11)2-1-12-4-7-17-15-14(12)5-8-18-15;1-4-7-16(10)13-17(11,8-5-2)15-18(12,14-16)9-6-3;10-9(11)7-6-8-4-2-1-3-5-8;1-4-7(5-2)6-3/h1-5,10-11,13-14,19H,7-8,12,15-17H2,(H,25,26);4-5,7-8,11,16H,1-3,6,9-10H2,(H,17,18);4-9H2,1-3H3;1-5H,(H,10,11);4-6H2,1-3H3. The van der Waals surface area contributed by atoms with Crippen molar-refractivity contribution in [2.45, 2.75) is 112 Å². The summed E-state index contributed by atoms with van der Waals surface area (Å²) < 4.78 is 52.3. The topological polar surface area (TPSA) is 243 Å². The van der Waals surface area contributed by atoms with Gasteiger partial charge in [-0.25, -0.2) is 27.7 Å². The number of likely N-dealkylation sites (tertiary alicyclic amines) is 1. The fourth-order valence-electron chi connectivity index (χ4n) is 9.66. The van der Waals surface area contributed by atoms with Gasteiger partial charge in [0.25, 0.3) is 5.91 Å². The molecule has 21 heteroatoms. The van der Waals surface area contributed by atoms with Crippen LogP contribution in [0, 0.1) is 35.5 Å². The molecular formula is C63H84N7O11P3. The first kappa shape index (κ1) is 68.5. The lowest BCUT2D eigenvalue weighted by atomic mass is 9.97. The van der Waals surface area contributed by atoms with Crippen molar-refractivity contribution in [3.63, 3.8) is 0 Å². The maximum absolute atomic E-state index is 12.5. The summed E-state index contributed by atoms with van der Waals surface area (Å²) in [5.74, 6) is 10.3. The van der Waals surface area contributed by atoms with E-state index >= 15 is 0 Å². The number of benzene rings is 2. The van der Waals surface area contributed by atoms with E-state index in [4.69, 9.17) is 18.0 Å². The van der Waals surface area contributed by atoms with Crippen LogP contribution < -0.4 is 5.32 Å². The van der Waals surface area contributed by atoms with Crippen molar-refractivity contribution in [2.24, 2.45) is 11.8 Å². The predicted octanol–water partition coefficient (Wildman–Crippen LogP) is 12.7. The van der Waals surface area contributed by atoms with Gasteiger partial charge >= 0.3 is 28.8 Å². The first-order valence-electron chi connectivity index (χ1n) is 29.3. The number of rotatable bonds is 19. The van der Waals surface area contributed by atoms with E-state index in [0.717, 1.165) is 77.5 Å². The molecule has 0 saturated carbocycles. The molecule has 84 heavy (non-hydrogen) atoms. The second-order valence-corrected chi connectivity index (χ2v) is 27.5. The van der Waals surface area contributed by atoms with Gasteiger partial charge in [0.15, 0.2) is 0 Å². The molecule has 7 heterocycles. The van der Waals surface area contributed by atoms with Crippen LogP contribution in [0.3, 0.4) is 0 Å². The van der Waals surface area contributed by atoms with Crippen LogP contribution >= 0.6 is 22.8 Å². The largest absolute Gasteiger partial charge is 0.472 e. The molecule has 18 nitrogen and oxygen atoms in total. The number of nitrogens with zero attached hydrogens (tertiary/aromatic N) is 4. The number of hydrogen-bond donors (Lipinski definition) is 4. The molecule has 3 saturated heterocycles. The Hall–Kier alpha value is -6.29. The molecule has 0 aliphatic carbocycles. The lowest BCUT2D eigenvalue weighted by Crippen LogP contribution is -2.27. The van der Waals surface area contributed by atoms with Gasteiger partial charge in [-0.3, -0.25) is 28.1 Å². The Balaban J connectivity index is 0.000000206. The molecule has 4 aromatic heterocycles. The molecule has 6 aromatic rings. The van der Waals surface area contributed by atoms with Gasteiger partial charge in [0.2, 0.25) is 0 Å². The summed E-state index contributed by atoms with van der Waals surface area (Å²) >= 11 is 0. The lowest BCUT2D eigenvalue weighted by Gasteiger charge is -2.33. The molecular weight excluding hydrogens is 1120 g/mol. The first-order valence-corrected chi connectivity index (χ1v) is 34.5. The Morgan fingerprint density at radius 2 is 1.07 bits per heavy atom. The van der Waals surface area contributed by atoms with Gasteiger partial charge in [0, 0.05) is 97.3 Å². The maximum Gasteiger partial charge on any atom is 0.382 e. The molecule has 2 aromatic carbocycles. The van der Waals surface area contributed by atoms with Gasteiger partial charge < -0.3 is 30.2 Å². The van der Waals surface area contributed by atoms with E-state index in [2.05, 4.69) is 68.7 Å². The fourth-order valence-corrected chi connectivity index (χ4v) is 19.0. The van der Waals surface area contributed by atoms with E-state index in [9.17, 15) is 32.9 Å². The Kier molecular flexibility index (Phi) is 29.3. The maximum atomic E-state index is 12.5. The summed E-state index contributed by atoms with van der Waals surface area (Å²) in [4.78, 5) is 65.7. The van der Waals surface area contributed by atoms with Crippen molar-refractivity contribution in [1.82, 2.24) is 35.1 Å². The number of nitrogens with one attached hydrogen (secondary N) is 3. The summed E-state index contributed by atoms with van der Waals surface area (Å²) in [6, 6.07) is 26.5. The highest BCUT2D eigenvalue weighted by Gasteiger charge is 2.51. The first-order chi connectivity index (χ1) is 40.5. The summed E-state index contributed by atoms with van der Waals surface area (Å²) in [6.07, 6.45) is 15.2. The number of carboxylic acid groups (broad SMARTS) is 1. The summed E-state index contributed by atoms with van der Waals surface area (Å²) in [6.45, 7) is 18.9. The molecule has 1 amide bonds.